The molecule has 1 rings (SSSR count). The third kappa shape index (κ3) is 1.76. The Bertz CT molecular complexity index is 223. The quantitative estimate of drug-likeness (QED) is 0.525. The Hall–Kier alpha value is -0.610. The highest BCUT2D eigenvalue weighted by atomic mass is 35.5. The van der Waals surface area contributed by atoms with Gasteiger partial charge in [0.2, 0.25) is 5.29 Å². The van der Waals surface area contributed by atoms with E-state index in [9.17, 15) is 0 Å². The summed E-state index contributed by atoms with van der Waals surface area (Å²) in [6, 6.07) is 0. The first kappa shape index (κ1) is 9.48. The first-order chi connectivity index (χ1) is 5.69. The molecule has 12 heavy (non-hydrogen) atoms. The summed E-state index contributed by atoms with van der Waals surface area (Å²) in [6.45, 7) is 4.00. The van der Waals surface area contributed by atoms with Crippen LogP contribution in [0.4, 0.5) is 0 Å². The van der Waals surface area contributed by atoms with E-state index in [0.717, 1.165) is 18.7 Å². The Morgan fingerprint density at radius 2 is 2.25 bits per heavy atom. The number of hydrogen-bond donors (Lipinski definition) is 1. The smallest absolute Gasteiger partial charge is 0.216 e. The molecule has 0 amide bonds. The molecule has 0 bridgehead atoms. The van der Waals surface area contributed by atoms with Gasteiger partial charge in [-0.15, -0.1) is 0 Å². The zero-order valence-corrected chi connectivity index (χ0v) is 8.04. The third-order valence-corrected chi connectivity index (χ3v) is 2.01. The van der Waals surface area contributed by atoms with Crippen molar-refractivity contribution >= 4 is 22.7 Å². The van der Waals surface area contributed by atoms with E-state index in [2.05, 4.69) is 9.98 Å². The normalized spacial score (nSPS) is 23.7. The van der Waals surface area contributed by atoms with Crippen LogP contribution in [0, 0.1) is 0 Å². The second-order valence-electron chi connectivity index (χ2n) is 2.58. The second kappa shape index (κ2) is 3.87. The molecule has 0 spiro atoms. The Morgan fingerprint density at radius 3 is 2.75 bits per heavy atom. The minimum absolute atomic E-state index is 0.0510. The lowest BCUT2D eigenvalue weighted by atomic mass is 10.3. The summed E-state index contributed by atoms with van der Waals surface area (Å²) in [6.07, 6.45) is 1.58. The number of hydrogen-bond acceptors (Lipinski definition) is 4. The molecule has 0 aromatic rings. The van der Waals surface area contributed by atoms with Crippen LogP contribution in [0.1, 0.15) is 26.7 Å². The van der Waals surface area contributed by atoms with Gasteiger partial charge in [-0.3, -0.25) is 5.01 Å². The topological polar surface area (TPSA) is 54.0 Å². The fourth-order valence-electron chi connectivity index (χ4n) is 1.01. The molecule has 68 valence electrons. The Morgan fingerprint density at radius 1 is 1.58 bits per heavy atom. The number of nitrogens with zero attached hydrogens (tertiary/aromatic N) is 3. The van der Waals surface area contributed by atoms with E-state index >= 15 is 0 Å². The van der Waals surface area contributed by atoms with Crippen LogP contribution in [0.2, 0.25) is 0 Å². The number of aliphatic imine (C=N–C) groups is 2. The summed E-state index contributed by atoms with van der Waals surface area (Å²) in [5, 5.41) is 1.72. The van der Waals surface area contributed by atoms with Crippen LogP contribution in [0.25, 0.3) is 0 Å². The maximum absolute atomic E-state index is 5.78. The van der Waals surface area contributed by atoms with Gasteiger partial charge < -0.3 is 0 Å². The molecule has 0 aliphatic carbocycles. The summed E-state index contributed by atoms with van der Waals surface area (Å²) in [4.78, 5) is 8.31. The van der Waals surface area contributed by atoms with Crippen LogP contribution in [0.15, 0.2) is 9.98 Å². The zero-order chi connectivity index (χ0) is 9.14. The standard InChI is InChI=1S/C7H13ClN4/c1-3-5-10-6(4-2)12(9)7(8)11-5/h6H,3-4,9H2,1-2H3. The van der Waals surface area contributed by atoms with Crippen LogP contribution >= 0.6 is 11.6 Å². The molecule has 1 unspecified atom stereocenters. The van der Waals surface area contributed by atoms with Crippen LogP contribution < -0.4 is 5.84 Å². The van der Waals surface area contributed by atoms with Crippen molar-refractivity contribution in [2.24, 2.45) is 15.8 Å². The summed E-state index contributed by atoms with van der Waals surface area (Å²) < 4.78 is 0. The van der Waals surface area contributed by atoms with Crippen molar-refractivity contribution in [3.8, 4) is 0 Å². The Labute approximate surface area is 77.1 Å². The van der Waals surface area contributed by atoms with Gasteiger partial charge in [0.05, 0.1) is 0 Å². The molecule has 2 N–H and O–H groups in total. The lowest BCUT2D eigenvalue weighted by Gasteiger charge is -2.26. The maximum atomic E-state index is 5.78. The average molecular weight is 189 g/mol. The highest BCUT2D eigenvalue weighted by Crippen LogP contribution is 2.11. The fourth-order valence-corrected chi connectivity index (χ4v) is 1.22. The van der Waals surface area contributed by atoms with Gasteiger partial charge >= 0.3 is 0 Å². The Kier molecular flexibility index (Phi) is 3.05. The molecule has 1 aliphatic rings. The predicted octanol–water partition coefficient (Wildman–Crippen LogP) is 1.32. The van der Waals surface area contributed by atoms with Gasteiger partial charge in [0, 0.05) is 6.42 Å². The van der Waals surface area contributed by atoms with Crippen LogP contribution in [0.3, 0.4) is 0 Å². The highest BCUT2D eigenvalue weighted by Gasteiger charge is 2.20. The molecule has 5 heteroatoms. The van der Waals surface area contributed by atoms with Crippen molar-refractivity contribution in [2.75, 3.05) is 0 Å². The minimum Gasteiger partial charge on any atom is -0.260 e. The number of rotatable bonds is 2. The van der Waals surface area contributed by atoms with Crippen molar-refractivity contribution in [1.29, 1.82) is 0 Å². The second-order valence-corrected chi connectivity index (χ2v) is 2.91. The predicted molar refractivity (Wildman–Crippen MR) is 51.1 cm³/mol. The van der Waals surface area contributed by atoms with E-state index in [4.69, 9.17) is 17.4 Å². The van der Waals surface area contributed by atoms with E-state index in [1.807, 2.05) is 13.8 Å². The molecule has 4 nitrogen and oxygen atoms in total. The van der Waals surface area contributed by atoms with Gasteiger partial charge in [0.15, 0.2) is 0 Å². The van der Waals surface area contributed by atoms with Crippen LogP contribution in [-0.4, -0.2) is 22.3 Å². The van der Waals surface area contributed by atoms with Gasteiger partial charge in [0.25, 0.3) is 0 Å². The van der Waals surface area contributed by atoms with E-state index in [0.29, 0.717) is 5.29 Å². The fraction of sp³-hybridized carbons (Fsp3) is 0.714. The van der Waals surface area contributed by atoms with E-state index in [1.54, 1.807) is 0 Å². The number of nitrogens with two attached hydrogens (primary N) is 1. The van der Waals surface area contributed by atoms with Gasteiger partial charge in [-0.2, -0.15) is 0 Å². The van der Waals surface area contributed by atoms with Crippen molar-refractivity contribution in [3.05, 3.63) is 0 Å². The SMILES string of the molecule is CCC1=NC(CC)N(N)C(Cl)=N1. The summed E-state index contributed by atoms with van der Waals surface area (Å²) >= 11 is 5.78. The molecular formula is C7H13ClN4. The molecule has 1 aliphatic heterocycles. The third-order valence-electron chi connectivity index (χ3n) is 1.73. The number of halogens is 1. The molecule has 0 aromatic heterocycles. The molecule has 0 radical (unpaired) electrons. The van der Waals surface area contributed by atoms with E-state index in [1.165, 1.54) is 5.01 Å². The minimum atomic E-state index is -0.0510. The number of hydrazine groups is 1. The molecule has 0 aromatic carbocycles. The van der Waals surface area contributed by atoms with Crippen molar-refractivity contribution < 1.29 is 0 Å². The zero-order valence-electron chi connectivity index (χ0n) is 7.29. The van der Waals surface area contributed by atoms with Crippen molar-refractivity contribution in [1.82, 2.24) is 5.01 Å². The van der Waals surface area contributed by atoms with Gasteiger partial charge in [0.1, 0.15) is 12.0 Å². The number of amidine groups is 2. The lowest BCUT2D eigenvalue weighted by Crippen LogP contribution is -2.45. The van der Waals surface area contributed by atoms with Crippen molar-refractivity contribution in [3.63, 3.8) is 0 Å². The Balaban J connectivity index is 2.82. The molecule has 1 atom stereocenters. The summed E-state index contributed by atoms with van der Waals surface area (Å²) in [5.74, 6) is 6.39. The largest absolute Gasteiger partial charge is 0.260 e. The van der Waals surface area contributed by atoms with Gasteiger partial charge in [-0.25, -0.2) is 15.8 Å². The van der Waals surface area contributed by atoms with Crippen molar-refractivity contribution in [2.45, 2.75) is 32.9 Å². The average Bonchev–Trinajstić information content (AvgIpc) is 2.09. The van der Waals surface area contributed by atoms with E-state index in [-0.39, 0.29) is 6.17 Å². The lowest BCUT2D eigenvalue weighted by molar-refractivity contribution is 0.321. The molecule has 0 fully saturated rings. The first-order valence-electron chi connectivity index (χ1n) is 4.03. The molecular weight excluding hydrogens is 176 g/mol. The van der Waals surface area contributed by atoms with Crippen LogP contribution in [-0.2, 0) is 0 Å². The molecule has 0 saturated carbocycles. The highest BCUT2D eigenvalue weighted by molar-refractivity contribution is 6.65. The molecule has 1 heterocycles. The molecule has 0 saturated heterocycles. The van der Waals surface area contributed by atoms with Gasteiger partial charge in [-0.05, 0) is 18.0 Å². The van der Waals surface area contributed by atoms with Gasteiger partial charge in [-0.1, -0.05) is 13.8 Å². The maximum Gasteiger partial charge on any atom is 0.216 e. The first-order valence-corrected chi connectivity index (χ1v) is 4.41. The summed E-state index contributed by atoms with van der Waals surface area (Å²) in [7, 11) is 0. The monoisotopic (exact) mass is 188 g/mol. The van der Waals surface area contributed by atoms with Crippen LogP contribution in [0.5, 0.6) is 0 Å². The summed E-state index contributed by atoms with van der Waals surface area (Å²) in [5.41, 5.74) is 0. The van der Waals surface area contributed by atoms with E-state index < -0.39 is 0 Å².